The number of benzene rings is 1. The Bertz CT molecular complexity index is 476. The van der Waals surface area contributed by atoms with Crippen molar-refractivity contribution in [1.82, 2.24) is 15.1 Å². The molecule has 1 aliphatic heterocycles. The summed E-state index contributed by atoms with van der Waals surface area (Å²) in [5.41, 5.74) is 2.05. The Balaban J connectivity index is 1.76. The maximum absolute atomic E-state index is 12.1. The van der Waals surface area contributed by atoms with Crippen LogP contribution in [0.5, 0.6) is 0 Å². The molecule has 1 amide bonds. The van der Waals surface area contributed by atoms with Crippen LogP contribution in [0, 0.1) is 5.92 Å². The predicted molar refractivity (Wildman–Crippen MR) is 95.6 cm³/mol. The molecule has 1 saturated heterocycles. The molecule has 0 aromatic heterocycles. The highest BCUT2D eigenvalue weighted by Crippen LogP contribution is 2.18. The largest absolute Gasteiger partial charge is 0.352 e. The van der Waals surface area contributed by atoms with Crippen LogP contribution in [0.2, 0.25) is 0 Å². The molecule has 128 valence electrons. The first kappa shape index (κ1) is 18.0. The second-order valence-corrected chi connectivity index (χ2v) is 7.07. The van der Waals surface area contributed by atoms with E-state index in [9.17, 15) is 4.79 Å². The lowest BCUT2D eigenvalue weighted by atomic mass is 9.99. The van der Waals surface area contributed by atoms with Gasteiger partial charge in [-0.2, -0.15) is 0 Å². The summed E-state index contributed by atoms with van der Waals surface area (Å²) in [6.45, 7) is 7.43. The fourth-order valence-electron chi connectivity index (χ4n) is 2.94. The van der Waals surface area contributed by atoms with E-state index in [2.05, 4.69) is 34.2 Å². The van der Waals surface area contributed by atoms with Crippen molar-refractivity contribution in [3.8, 4) is 0 Å². The molecule has 0 spiro atoms. The normalized spacial score (nSPS) is 16.7. The van der Waals surface area contributed by atoms with Crippen molar-refractivity contribution < 1.29 is 4.79 Å². The van der Waals surface area contributed by atoms with Crippen LogP contribution in [0.25, 0.3) is 0 Å². The molecule has 0 aliphatic carbocycles. The number of nitrogens with one attached hydrogen (secondary N) is 1. The highest BCUT2D eigenvalue weighted by Gasteiger charge is 2.15. The molecule has 1 heterocycles. The molecule has 0 bridgehead atoms. The number of amides is 1. The summed E-state index contributed by atoms with van der Waals surface area (Å²) in [5, 5.41) is 2.98. The van der Waals surface area contributed by atoms with Gasteiger partial charge in [-0.15, -0.1) is 0 Å². The Morgan fingerprint density at radius 3 is 2.48 bits per heavy atom. The number of carbonyl (C=O) groups is 1. The fourth-order valence-corrected chi connectivity index (χ4v) is 2.94. The average molecular weight is 317 g/mol. The summed E-state index contributed by atoms with van der Waals surface area (Å²) >= 11 is 0. The third kappa shape index (κ3) is 6.32. The molecule has 0 atom stereocenters. The molecule has 1 aromatic rings. The fraction of sp³-hybridized carbons (Fsp3) is 0.632. The van der Waals surface area contributed by atoms with E-state index in [0.717, 1.165) is 37.5 Å². The van der Waals surface area contributed by atoms with Crippen molar-refractivity contribution >= 4 is 5.91 Å². The van der Waals surface area contributed by atoms with Gasteiger partial charge in [0.1, 0.15) is 0 Å². The quantitative estimate of drug-likeness (QED) is 0.785. The van der Waals surface area contributed by atoms with Crippen LogP contribution in [0.3, 0.4) is 0 Å². The van der Waals surface area contributed by atoms with E-state index in [-0.39, 0.29) is 5.91 Å². The van der Waals surface area contributed by atoms with E-state index in [1.165, 1.54) is 31.5 Å². The summed E-state index contributed by atoms with van der Waals surface area (Å²) < 4.78 is 0. The zero-order chi connectivity index (χ0) is 16.7. The first-order chi connectivity index (χ1) is 11.0. The van der Waals surface area contributed by atoms with Crippen LogP contribution in [0.4, 0.5) is 0 Å². The van der Waals surface area contributed by atoms with Crippen LogP contribution >= 0.6 is 0 Å². The minimum atomic E-state index is 0.0297. The molecule has 2 rings (SSSR count). The van der Waals surface area contributed by atoms with E-state index in [0.29, 0.717) is 0 Å². The van der Waals surface area contributed by atoms with Crippen LogP contribution in [0.1, 0.15) is 42.1 Å². The molecule has 0 unspecified atom stereocenters. The molecule has 4 nitrogen and oxygen atoms in total. The summed E-state index contributed by atoms with van der Waals surface area (Å²) in [5.74, 6) is 0.895. The van der Waals surface area contributed by atoms with E-state index < -0.39 is 0 Å². The number of nitrogens with zero attached hydrogens (tertiary/aromatic N) is 2. The molecule has 23 heavy (non-hydrogen) atoms. The zero-order valence-electron chi connectivity index (χ0n) is 14.8. The van der Waals surface area contributed by atoms with Crippen molar-refractivity contribution in [3.63, 3.8) is 0 Å². The van der Waals surface area contributed by atoms with Gasteiger partial charge in [0, 0.05) is 18.7 Å². The SMILES string of the molecule is CC1CCN(Cc2ccc(C(=O)NCCCN(C)C)cc2)CC1. The summed E-state index contributed by atoms with van der Waals surface area (Å²) in [7, 11) is 4.09. The number of hydrogen-bond acceptors (Lipinski definition) is 3. The van der Waals surface area contributed by atoms with Crippen LogP contribution in [0.15, 0.2) is 24.3 Å². The van der Waals surface area contributed by atoms with Gasteiger partial charge in [-0.05, 0) is 76.6 Å². The van der Waals surface area contributed by atoms with Crippen LogP contribution in [-0.2, 0) is 6.54 Å². The van der Waals surface area contributed by atoms with Gasteiger partial charge in [0.05, 0.1) is 0 Å². The monoisotopic (exact) mass is 317 g/mol. The number of hydrogen-bond donors (Lipinski definition) is 1. The second-order valence-electron chi connectivity index (χ2n) is 7.07. The third-order valence-corrected chi connectivity index (χ3v) is 4.57. The average Bonchev–Trinajstić information content (AvgIpc) is 2.54. The van der Waals surface area contributed by atoms with Crippen molar-refractivity contribution in [3.05, 3.63) is 35.4 Å². The molecule has 0 saturated carbocycles. The van der Waals surface area contributed by atoms with Crippen molar-refractivity contribution in [2.24, 2.45) is 5.92 Å². The topological polar surface area (TPSA) is 35.6 Å². The lowest BCUT2D eigenvalue weighted by Gasteiger charge is -2.30. The molecular weight excluding hydrogens is 286 g/mol. The predicted octanol–water partition coefficient (Wildman–Crippen LogP) is 2.60. The molecule has 1 fully saturated rings. The maximum atomic E-state index is 12.1. The number of piperidine rings is 1. The Morgan fingerprint density at radius 2 is 1.87 bits per heavy atom. The third-order valence-electron chi connectivity index (χ3n) is 4.57. The first-order valence-corrected chi connectivity index (χ1v) is 8.79. The first-order valence-electron chi connectivity index (χ1n) is 8.79. The van der Waals surface area contributed by atoms with Gasteiger partial charge in [0.15, 0.2) is 0 Å². The Labute approximate surface area is 140 Å². The Kier molecular flexibility index (Phi) is 7.06. The second kappa shape index (κ2) is 9.04. The van der Waals surface area contributed by atoms with Crippen LogP contribution < -0.4 is 5.32 Å². The maximum Gasteiger partial charge on any atom is 0.251 e. The van der Waals surface area contributed by atoms with Crippen molar-refractivity contribution in [2.45, 2.75) is 32.7 Å². The van der Waals surface area contributed by atoms with Gasteiger partial charge in [-0.3, -0.25) is 9.69 Å². The summed E-state index contributed by atoms with van der Waals surface area (Å²) in [6.07, 6.45) is 3.57. The Hall–Kier alpha value is -1.39. The smallest absolute Gasteiger partial charge is 0.251 e. The van der Waals surface area contributed by atoms with Gasteiger partial charge in [0.25, 0.3) is 5.91 Å². The van der Waals surface area contributed by atoms with Gasteiger partial charge in [0.2, 0.25) is 0 Å². The summed E-state index contributed by atoms with van der Waals surface area (Å²) in [4.78, 5) is 16.7. The minimum absolute atomic E-state index is 0.0297. The number of rotatable bonds is 7. The minimum Gasteiger partial charge on any atom is -0.352 e. The molecule has 4 heteroatoms. The van der Waals surface area contributed by atoms with Gasteiger partial charge in [-0.25, -0.2) is 0 Å². The van der Waals surface area contributed by atoms with E-state index in [1.54, 1.807) is 0 Å². The highest BCUT2D eigenvalue weighted by molar-refractivity contribution is 5.94. The van der Waals surface area contributed by atoms with Gasteiger partial charge >= 0.3 is 0 Å². The lowest BCUT2D eigenvalue weighted by molar-refractivity contribution is 0.0952. The molecule has 0 radical (unpaired) electrons. The number of likely N-dealkylation sites (tertiary alicyclic amines) is 1. The van der Waals surface area contributed by atoms with Gasteiger partial charge < -0.3 is 10.2 Å². The van der Waals surface area contributed by atoms with E-state index >= 15 is 0 Å². The lowest BCUT2D eigenvalue weighted by Crippen LogP contribution is -2.32. The van der Waals surface area contributed by atoms with Crippen LogP contribution in [-0.4, -0.2) is 56.0 Å². The van der Waals surface area contributed by atoms with E-state index in [1.807, 2.05) is 26.2 Å². The number of carbonyl (C=O) groups excluding carboxylic acids is 1. The van der Waals surface area contributed by atoms with Crippen molar-refractivity contribution in [1.29, 1.82) is 0 Å². The molecular formula is C19H31N3O. The Morgan fingerprint density at radius 1 is 1.22 bits per heavy atom. The van der Waals surface area contributed by atoms with Crippen molar-refractivity contribution in [2.75, 3.05) is 40.3 Å². The van der Waals surface area contributed by atoms with Gasteiger partial charge in [-0.1, -0.05) is 19.1 Å². The highest BCUT2D eigenvalue weighted by atomic mass is 16.1. The standard InChI is InChI=1S/C19H31N3O/c1-16-9-13-22(14-10-16)15-17-5-7-18(8-6-17)19(23)20-11-4-12-21(2)3/h5-8,16H,4,9-15H2,1-3H3,(H,20,23). The molecule has 1 aliphatic rings. The summed E-state index contributed by atoms with van der Waals surface area (Å²) in [6, 6.07) is 8.08. The van der Waals surface area contributed by atoms with E-state index in [4.69, 9.17) is 0 Å². The molecule has 1 aromatic carbocycles. The zero-order valence-corrected chi connectivity index (χ0v) is 14.8. The molecule has 1 N–H and O–H groups in total.